The Morgan fingerprint density at radius 1 is 1.13 bits per heavy atom. The molecule has 164 valence electrons. The van der Waals surface area contributed by atoms with Gasteiger partial charge in [0.25, 0.3) is 0 Å². The van der Waals surface area contributed by atoms with Crippen molar-refractivity contribution in [3.05, 3.63) is 48.3 Å². The van der Waals surface area contributed by atoms with Crippen LogP contribution in [0.15, 0.2) is 42.7 Å². The van der Waals surface area contributed by atoms with Crippen molar-refractivity contribution < 1.29 is 22.8 Å². The van der Waals surface area contributed by atoms with E-state index >= 15 is 0 Å². The number of urea groups is 1. The number of anilines is 2. The normalized spacial score (nSPS) is 18.2. The molecule has 1 spiro atoms. The number of carbonyl (C=O) groups excluding carboxylic acids is 2. The number of amides is 3. The molecule has 2 fully saturated rings. The fraction of sp³-hybridized carbons (Fsp3) is 0.400. The predicted molar refractivity (Wildman–Crippen MR) is 106 cm³/mol. The summed E-state index contributed by atoms with van der Waals surface area (Å²) in [4.78, 5) is 36.7. The smallest absolute Gasteiger partial charge is 0.341 e. The quantitative estimate of drug-likeness (QED) is 0.772. The van der Waals surface area contributed by atoms with Crippen molar-refractivity contribution in [3.8, 4) is 0 Å². The van der Waals surface area contributed by atoms with Crippen molar-refractivity contribution in [1.82, 2.24) is 20.2 Å². The maximum absolute atomic E-state index is 12.6. The van der Waals surface area contributed by atoms with Gasteiger partial charge in [-0.15, -0.1) is 0 Å². The molecule has 3 amide bonds. The van der Waals surface area contributed by atoms with Gasteiger partial charge in [-0.3, -0.25) is 4.79 Å². The molecular formula is C20H21F3N6O2. The number of hydrogen-bond donors (Lipinski definition) is 2. The van der Waals surface area contributed by atoms with Crippen molar-refractivity contribution >= 4 is 23.6 Å². The molecule has 4 rings (SSSR count). The van der Waals surface area contributed by atoms with Gasteiger partial charge in [-0.2, -0.15) is 13.2 Å². The molecule has 3 heterocycles. The minimum absolute atomic E-state index is 0.180. The van der Waals surface area contributed by atoms with E-state index in [1.54, 1.807) is 18.5 Å². The Kier molecular flexibility index (Phi) is 5.42. The summed E-state index contributed by atoms with van der Waals surface area (Å²) in [5.74, 6) is 0.177. The number of aromatic nitrogens is 2. The van der Waals surface area contributed by atoms with Crippen molar-refractivity contribution in [1.29, 1.82) is 0 Å². The lowest BCUT2D eigenvalue weighted by molar-refractivity contribution is -0.137. The number of benzene rings is 1. The summed E-state index contributed by atoms with van der Waals surface area (Å²) in [7, 11) is 0. The van der Waals surface area contributed by atoms with E-state index < -0.39 is 23.2 Å². The average Bonchev–Trinajstić information content (AvgIpc) is 3.03. The van der Waals surface area contributed by atoms with E-state index in [0.717, 1.165) is 12.1 Å². The average molecular weight is 434 g/mol. The van der Waals surface area contributed by atoms with Crippen LogP contribution in [-0.2, 0) is 11.0 Å². The van der Waals surface area contributed by atoms with Gasteiger partial charge in [-0.05, 0) is 43.2 Å². The van der Waals surface area contributed by atoms with E-state index in [1.807, 2.05) is 0 Å². The van der Waals surface area contributed by atoms with E-state index in [-0.39, 0.29) is 18.3 Å². The Morgan fingerprint density at radius 3 is 2.39 bits per heavy atom. The lowest BCUT2D eigenvalue weighted by atomic mass is 9.88. The summed E-state index contributed by atoms with van der Waals surface area (Å²) >= 11 is 0. The second-order valence-corrected chi connectivity index (χ2v) is 7.73. The lowest BCUT2D eigenvalue weighted by Gasteiger charge is -2.38. The predicted octanol–water partition coefficient (Wildman–Crippen LogP) is 2.50. The molecule has 0 atom stereocenters. The third-order valence-corrected chi connectivity index (χ3v) is 5.54. The van der Waals surface area contributed by atoms with E-state index in [4.69, 9.17) is 0 Å². The van der Waals surface area contributed by atoms with Crippen molar-refractivity contribution in [3.63, 3.8) is 0 Å². The number of carbonyl (C=O) groups is 2. The zero-order chi connectivity index (χ0) is 22.1. The van der Waals surface area contributed by atoms with Gasteiger partial charge in [0.1, 0.15) is 6.54 Å². The van der Waals surface area contributed by atoms with Crippen LogP contribution in [0.2, 0.25) is 0 Å². The van der Waals surface area contributed by atoms with Crippen LogP contribution in [-0.4, -0.2) is 58.5 Å². The summed E-state index contributed by atoms with van der Waals surface area (Å²) in [6.07, 6.45) is 0.302. The highest BCUT2D eigenvalue weighted by Crippen LogP contribution is 2.31. The summed E-state index contributed by atoms with van der Waals surface area (Å²) in [6.45, 7) is 1.56. The highest BCUT2D eigenvalue weighted by molar-refractivity contribution is 5.94. The molecule has 1 aromatic carbocycles. The second kappa shape index (κ2) is 8.05. The zero-order valence-electron chi connectivity index (χ0n) is 16.5. The lowest BCUT2D eigenvalue weighted by Crippen LogP contribution is -2.52. The number of nitrogens with zero attached hydrogens (tertiary/aromatic N) is 4. The number of rotatable bonds is 4. The number of piperidine rings is 1. The molecule has 0 bridgehead atoms. The molecule has 8 nitrogen and oxygen atoms in total. The molecule has 31 heavy (non-hydrogen) atoms. The van der Waals surface area contributed by atoms with Crippen LogP contribution in [0.4, 0.5) is 29.6 Å². The van der Waals surface area contributed by atoms with Gasteiger partial charge in [-0.25, -0.2) is 14.8 Å². The Bertz CT molecular complexity index is 944. The van der Waals surface area contributed by atoms with Crippen molar-refractivity contribution in [2.75, 3.05) is 36.4 Å². The number of nitrogens with one attached hydrogen (secondary N) is 2. The van der Waals surface area contributed by atoms with E-state index in [0.29, 0.717) is 38.4 Å². The fourth-order valence-electron chi connectivity index (χ4n) is 3.90. The minimum atomic E-state index is -4.44. The largest absolute Gasteiger partial charge is 0.416 e. The first-order chi connectivity index (χ1) is 14.7. The van der Waals surface area contributed by atoms with E-state index in [2.05, 4.69) is 25.5 Å². The van der Waals surface area contributed by atoms with E-state index in [1.165, 1.54) is 17.0 Å². The maximum Gasteiger partial charge on any atom is 0.416 e. The summed E-state index contributed by atoms with van der Waals surface area (Å²) < 4.78 is 37.9. The first-order valence-electron chi connectivity index (χ1n) is 9.80. The third-order valence-electron chi connectivity index (χ3n) is 5.54. The van der Waals surface area contributed by atoms with Gasteiger partial charge < -0.3 is 20.4 Å². The maximum atomic E-state index is 12.6. The first kappa shape index (κ1) is 20.9. The highest BCUT2D eigenvalue weighted by Gasteiger charge is 2.45. The summed E-state index contributed by atoms with van der Waals surface area (Å²) in [6, 6.07) is 5.60. The van der Waals surface area contributed by atoms with Crippen LogP contribution in [0.5, 0.6) is 0 Å². The van der Waals surface area contributed by atoms with Gasteiger partial charge in [0, 0.05) is 37.7 Å². The first-order valence-corrected chi connectivity index (χ1v) is 9.80. The van der Waals surface area contributed by atoms with Crippen molar-refractivity contribution in [2.24, 2.45) is 0 Å². The Morgan fingerprint density at radius 2 is 1.77 bits per heavy atom. The minimum Gasteiger partial charge on any atom is -0.341 e. The standard InChI is InChI=1S/C20H21F3N6O2/c21-20(22,23)14-2-4-15(5-3-14)26-16(30)12-29-13-19(27-18(29)31)6-10-28(11-7-19)17-24-8-1-9-25-17/h1-5,8-9H,6-7,10-13H2,(H,26,30)(H,27,31). The summed E-state index contributed by atoms with van der Waals surface area (Å²) in [5, 5.41) is 5.53. The van der Waals surface area contributed by atoms with E-state index in [9.17, 15) is 22.8 Å². The van der Waals surface area contributed by atoms with Crippen LogP contribution in [0.25, 0.3) is 0 Å². The Balaban J connectivity index is 1.31. The molecule has 11 heteroatoms. The zero-order valence-corrected chi connectivity index (χ0v) is 16.5. The molecule has 0 unspecified atom stereocenters. The molecule has 2 aliphatic heterocycles. The number of alkyl halides is 3. The fourth-order valence-corrected chi connectivity index (χ4v) is 3.90. The van der Waals surface area contributed by atoms with Crippen molar-refractivity contribution in [2.45, 2.75) is 24.6 Å². The molecule has 2 N–H and O–H groups in total. The van der Waals surface area contributed by atoms with Gasteiger partial charge in [0.2, 0.25) is 11.9 Å². The molecule has 0 saturated carbocycles. The number of halogens is 3. The molecular weight excluding hydrogens is 413 g/mol. The van der Waals surface area contributed by atoms with Crippen LogP contribution in [0.3, 0.4) is 0 Å². The molecule has 2 saturated heterocycles. The SMILES string of the molecule is O=C(CN1CC2(CCN(c3ncccn3)CC2)NC1=O)Nc1ccc(C(F)(F)F)cc1. The molecule has 2 aliphatic rings. The molecule has 2 aromatic rings. The van der Waals surface area contributed by atoms with Crippen LogP contribution < -0.4 is 15.5 Å². The van der Waals surface area contributed by atoms with Crippen LogP contribution >= 0.6 is 0 Å². The van der Waals surface area contributed by atoms with Gasteiger partial charge in [0.15, 0.2) is 0 Å². The van der Waals surface area contributed by atoms with Gasteiger partial charge in [0.05, 0.1) is 11.1 Å². The molecule has 0 radical (unpaired) electrons. The number of hydrogen-bond acceptors (Lipinski definition) is 5. The third kappa shape index (κ3) is 4.70. The van der Waals surface area contributed by atoms with Crippen LogP contribution in [0, 0.1) is 0 Å². The summed E-state index contributed by atoms with van der Waals surface area (Å²) in [5.41, 5.74) is -0.973. The van der Waals surface area contributed by atoms with Gasteiger partial charge >= 0.3 is 12.2 Å². The Labute approximate surface area is 176 Å². The molecule has 0 aliphatic carbocycles. The van der Waals surface area contributed by atoms with Gasteiger partial charge in [-0.1, -0.05) is 0 Å². The second-order valence-electron chi connectivity index (χ2n) is 7.73. The Hall–Kier alpha value is -3.37. The monoisotopic (exact) mass is 434 g/mol. The topological polar surface area (TPSA) is 90.5 Å². The molecule has 1 aromatic heterocycles. The van der Waals surface area contributed by atoms with Crippen LogP contribution in [0.1, 0.15) is 18.4 Å². The highest BCUT2D eigenvalue weighted by atomic mass is 19.4.